The third kappa shape index (κ3) is 54.8. The van der Waals surface area contributed by atoms with Crippen LogP contribution in [0.5, 0.6) is 0 Å². The van der Waals surface area contributed by atoms with E-state index in [9.17, 15) is 27.7 Å². The summed E-state index contributed by atoms with van der Waals surface area (Å²) in [5, 5.41) is 9.33. The zero-order valence-electron chi connectivity index (χ0n) is 40.6. The van der Waals surface area contributed by atoms with Crippen LogP contribution >= 0.6 is 0 Å². The quantitative estimate of drug-likeness (QED) is 0.0201. The van der Waals surface area contributed by atoms with E-state index in [-0.39, 0.29) is 18.5 Å². The van der Waals surface area contributed by atoms with Gasteiger partial charge in [-0.3, -0.25) is 13.8 Å². The summed E-state index contributed by atoms with van der Waals surface area (Å²) < 4.78 is 42.3. The molecule has 0 rings (SSSR count). The number of likely N-dealkylation sites (N-methyl/N-ethyl adjacent to an activating group) is 1. The van der Waals surface area contributed by atoms with E-state index in [4.69, 9.17) is 9.47 Å². The van der Waals surface area contributed by atoms with Crippen LogP contribution in [0.25, 0.3) is 0 Å². The Morgan fingerprint density at radius 2 is 0.689 bits per heavy atom. The molecule has 0 saturated heterocycles. The van der Waals surface area contributed by atoms with Gasteiger partial charge in [0.05, 0.1) is 20.8 Å². The molecular formula is C50H101NO9S. The average Bonchev–Trinajstić information content (AvgIpc) is 3.22. The van der Waals surface area contributed by atoms with Crippen molar-refractivity contribution in [1.29, 1.82) is 0 Å². The Morgan fingerprint density at radius 3 is 0.885 bits per heavy atom. The van der Waals surface area contributed by atoms with E-state index < -0.39 is 16.7 Å². The molecule has 366 valence electrons. The highest BCUT2D eigenvalue weighted by Gasteiger charge is 2.23. The van der Waals surface area contributed by atoms with Gasteiger partial charge in [-0.05, 0) is 12.8 Å². The van der Waals surface area contributed by atoms with Crippen LogP contribution in [0.4, 0.5) is 0 Å². The highest BCUT2D eigenvalue weighted by molar-refractivity contribution is 7.80. The Labute approximate surface area is 378 Å². The second-order valence-electron chi connectivity index (χ2n) is 17.8. The van der Waals surface area contributed by atoms with E-state index in [0.29, 0.717) is 25.9 Å². The molecule has 0 aliphatic rings. The molecule has 0 radical (unpaired) electrons. The number of hydrogen-bond acceptors (Lipinski definition) is 9. The van der Waals surface area contributed by atoms with Crippen molar-refractivity contribution in [3.63, 3.8) is 0 Å². The van der Waals surface area contributed by atoms with Gasteiger partial charge in [0.25, 0.3) is 6.29 Å². The molecule has 2 N–H and O–H groups in total. The molecule has 0 aromatic heterocycles. The van der Waals surface area contributed by atoms with Crippen LogP contribution in [0.3, 0.4) is 0 Å². The van der Waals surface area contributed by atoms with Crippen LogP contribution in [0.1, 0.15) is 271 Å². The number of aliphatic hydroxyl groups excluding tert-OH is 1. The number of carbonyl (C=O) groups is 2. The van der Waals surface area contributed by atoms with Gasteiger partial charge in [-0.15, -0.1) is 0 Å². The standard InChI is InChI=1S/C49H97NO5.CH4O4S/c1-4-6-8-10-12-14-16-18-20-22-24-26-28-30-32-34-36-38-40-42-47(52)54-49(46-50(3)44-45-51)55-48(53)43-41-39-37-35-33-31-29-27-25-23-21-19-17-15-13-11-9-7-5-2;1-5-6(2,3)4/h49,51H,4-46H2,1-3H3;1H3,(H,2,3,4). The average molecular weight is 892 g/mol. The predicted molar refractivity (Wildman–Crippen MR) is 252 cm³/mol. The summed E-state index contributed by atoms with van der Waals surface area (Å²) in [6.07, 6.45) is 50.2. The molecule has 0 saturated carbocycles. The first-order chi connectivity index (χ1) is 29.6. The Hall–Kier alpha value is -1.27. The van der Waals surface area contributed by atoms with E-state index in [1.807, 2.05) is 7.05 Å². The van der Waals surface area contributed by atoms with E-state index in [1.54, 1.807) is 0 Å². The third-order valence-corrected chi connectivity index (χ3v) is 12.2. The minimum atomic E-state index is -4.41. The number of quaternary nitrogens is 1. The van der Waals surface area contributed by atoms with Crippen molar-refractivity contribution in [1.82, 2.24) is 0 Å². The van der Waals surface area contributed by atoms with Crippen molar-refractivity contribution in [2.75, 3.05) is 33.9 Å². The highest BCUT2D eigenvalue weighted by atomic mass is 32.3. The Kier molecular flexibility index (Phi) is 50.4. The molecule has 0 fully saturated rings. The Bertz CT molecular complexity index is 957. The SMILES string of the molecule is CCCCCCCCCCCCCCCCCCCCCC(=O)OC(C[NH+](C)CCO)OC(=O)CCCCCCCCCCCCCCCCCCCCC.COS(=O)(=O)[O-]. The number of nitrogens with one attached hydrogen (secondary N) is 1. The first-order valence-electron chi connectivity index (χ1n) is 25.9. The molecule has 61 heavy (non-hydrogen) atoms. The van der Waals surface area contributed by atoms with Gasteiger partial charge in [-0.2, -0.15) is 0 Å². The first kappa shape index (κ1) is 61.8. The first-order valence-corrected chi connectivity index (χ1v) is 27.2. The van der Waals surface area contributed by atoms with Gasteiger partial charge in [0, 0.05) is 12.8 Å². The van der Waals surface area contributed by atoms with Crippen LogP contribution in [0, 0.1) is 0 Å². The summed E-state index contributed by atoms with van der Waals surface area (Å²) >= 11 is 0. The smallest absolute Gasteiger partial charge is 0.309 e. The molecular weight excluding hydrogens is 791 g/mol. The van der Waals surface area contributed by atoms with Crippen LogP contribution in [0.2, 0.25) is 0 Å². The van der Waals surface area contributed by atoms with Gasteiger partial charge in [-0.1, -0.05) is 245 Å². The molecule has 0 aliphatic heterocycles. The number of aliphatic hydroxyl groups is 1. The lowest BCUT2D eigenvalue weighted by atomic mass is 10.0. The Morgan fingerprint density at radius 1 is 0.475 bits per heavy atom. The van der Waals surface area contributed by atoms with Gasteiger partial charge in [0.2, 0.25) is 10.4 Å². The van der Waals surface area contributed by atoms with Gasteiger partial charge in [0.15, 0.2) is 6.54 Å². The second kappa shape index (κ2) is 49.7. The van der Waals surface area contributed by atoms with Crippen LogP contribution in [0.15, 0.2) is 0 Å². The number of hydrogen-bond donors (Lipinski definition) is 2. The number of esters is 2. The minimum absolute atomic E-state index is 0.0408. The fourth-order valence-electron chi connectivity index (χ4n) is 7.79. The fourth-order valence-corrected chi connectivity index (χ4v) is 7.79. The second-order valence-corrected chi connectivity index (χ2v) is 19.0. The summed E-state index contributed by atoms with van der Waals surface area (Å²) in [6.45, 7) is 5.49. The molecule has 11 heteroatoms. The molecule has 0 spiro atoms. The monoisotopic (exact) mass is 892 g/mol. The van der Waals surface area contributed by atoms with Crippen molar-refractivity contribution < 1.29 is 46.2 Å². The third-order valence-electron chi connectivity index (χ3n) is 11.8. The van der Waals surface area contributed by atoms with E-state index in [0.717, 1.165) is 50.5 Å². The molecule has 0 bridgehead atoms. The maximum Gasteiger partial charge on any atom is 0.309 e. The van der Waals surface area contributed by atoms with Crippen molar-refractivity contribution >= 4 is 22.3 Å². The molecule has 1 atom stereocenters. The number of rotatable bonds is 47. The molecule has 0 aromatic rings. The van der Waals surface area contributed by atoms with Crippen LogP contribution in [-0.4, -0.2) is 70.2 Å². The van der Waals surface area contributed by atoms with Gasteiger partial charge in [0.1, 0.15) is 6.54 Å². The number of carbonyl (C=O) groups excluding carboxylic acids is 2. The zero-order chi connectivity index (χ0) is 45.3. The number of ether oxygens (including phenoxy) is 2. The van der Waals surface area contributed by atoms with Crippen molar-refractivity contribution in [2.45, 2.75) is 277 Å². The molecule has 0 aliphatic carbocycles. The number of unbranched alkanes of at least 4 members (excludes halogenated alkanes) is 36. The van der Waals surface area contributed by atoms with E-state index >= 15 is 0 Å². The maximum absolute atomic E-state index is 12.6. The van der Waals surface area contributed by atoms with Gasteiger partial charge in [-0.25, -0.2) is 8.42 Å². The topological polar surface area (TPSA) is 144 Å². The zero-order valence-corrected chi connectivity index (χ0v) is 41.4. The van der Waals surface area contributed by atoms with Gasteiger partial charge >= 0.3 is 11.9 Å². The summed E-state index contributed by atoms with van der Waals surface area (Å²) in [6, 6.07) is 0. The van der Waals surface area contributed by atoms with E-state index in [2.05, 4.69) is 18.0 Å². The maximum atomic E-state index is 12.6. The summed E-state index contributed by atoms with van der Waals surface area (Å²) in [7, 11) is -1.69. The molecule has 1 unspecified atom stereocenters. The lowest BCUT2D eigenvalue weighted by Crippen LogP contribution is -3.10. The van der Waals surface area contributed by atoms with Gasteiger partial charge < -0.3 is 24.0 Å². The summed E-state index contributed by atoms with van der Waals surface area (Å²) in [4.78, 5) is 26.2. The van der Waals surface area contributed by atoms with E-state index in [1.165, 1.54) is 205 Å². The summed E-state index contributed by atoms with van der Waals surface area (Å²) in [5.41, 5.74) is 0. The largest absolute Gasteiger partial charge is 0.726 e. The highest BCUT2D eigenvalue weighted by Crippen LogP contribution is 2.17. The molecule has 10 nitrogen and oxygen atoms in total. The van der Waals surface area contributed by atoms with Crippen molar-refractivity contribution in [3.8, 4) is 0 Å². The molecule has 0 amide bonds. The summed E-state index contributed by atoms with van der Waals surface area (Å²) in [5.74, 6) is -0.574. The molecule has 0 aromatic carbocycles. The fraction of sp³-hybridized carbons (Fsp3) is 0.960. The lowest BCUT2D eigenvalue weighted by molar-refractivity contribution is -0.885. The molecule has 0 heterocycles. The van der Waals surface area contributed by atoms with Crippen molar-refractivity contribution in [2.24, 2.45) is 0 Å². The van der Waals surface area contributed by atoms with Crippen molar-refractivity contribution in [3.05, 3.63) is 0 Å². The van der Waals surface area contributed by atoms with Crippen LogP contribution < -0.4 is 4.90 Å². The van der Waals surface area contributed by atoms with Crippen LogP contribution in [-0.2, 0) is 33.6 Å². The lowest BCUT2D eigenvalue weighted by Gasteiger charge is -2.21. The Balaban J connectivity index is 0. The minimum Gasteiger partial charge on any atom is -0.726 e. The predicted octanol–water partition coefficient (Wildman–Crippen LogP) is 12.6. The normalized spacial score (nSPS) is 12.0.